The second-order valence-corrected chi connectivity index (χ2v) is 4.25. The topological polar surface area (TPSA) is 85.8 Å². The second-order valence-electron chi connectivity index (χ2n) is 4.25. The molecule has 0 saturated carbocycles. The molecule has 3 N–H and O–H groups in total. The molecule has 1 heterocycles. The van der Waals surface area contributed by atoms with Crippen molar-refractivity contribution in [3.8, 4) is 0 Å². The Labute approximate surface area is 99.9 Å². The number of hydrogen-bond acceptors (Lipinski definition) is 4. The molecule has 0 radical (unpaired) electrons. The molecule has 92 valence electrons. The van der Waals surface area contributed by atoms with E-state index >= 15 is 0 Å². The van der Waals surface area contributed by atoms with E-state index in [1.54, 1.807) is 0 Å². The van der Waals surface area contributed by atoms with Crippen LogP contribution in [0.1, 0.15) is 19.3 Å². The Kier molecular flexibility index (Phi) is 3.74. The van der Waals surface area contributed by atoms with E-state index in [4.69, 9.17) is 5.73 Å². The van der Waals surface area contributed by atoms with Gasteiger partial charge in [-0.2, -0.15) is 0 Å². The van der Waals surface area contributed by atoms with Gasteiger partial charge in [0.05, 0.1) is 0 Å². The fourth-order valence-electron chi connectivity index (χ4n) is 1.89. The lowest BCUT2D eigenvalue weighted by Gasteiger charge is -2.17. The molecule has 2 rings (SSSR count). The molecule has 6 nitrogen and oxygen atoms in total. The van der Waals surface area contributed by atoms with Gasteiger partial charge in [0.15, 0.2) is 0 Å². The van der Waals surface area contributed by atoms with Gasteiger partial charge in [0, 0.05) is 6.54 Å². The Morgan fingerprint density at radius 2 is 2.47 bits per heavy atom. The van der Waals surface area contributed by atoms with Gasteiger partial charge in [-0.3, -0.25) is 4.79 Å². The number of nitrogen functional groups attached to an aromatic ring is 1. The van der Waals surface area contributed by atoms with E-state index in [1.165, 1.54) is 11.0 Å². The van der Waals surface area contributed by atoms with Crippen LogP contribution < -0.4 is 11.1 Å². The number of nitrogens with zero attached hydrogens (tertiary/aromatic N) is 3. The van der Waals surface area contributed by atoms with Gasteiger partial charge in [0.2, 0.25) is 11.9 Å². The number of carbonyl (C=O) groups excluding carboxylic acids is 1. The van der Waals surface area contributed by atoms with Crippen molar-refractivity contribution in [2.24, 2.45) is 5.92 Å². The zero-order chi connectivity index (χ0) is 12.1. The van der Waals surface area contributed by atoms with Crippen molar-refractivity contribution in [1.82, 2.24) is 20.1 Å². The van der Waals surface area contributed by atoms with E-state index in [-0.39, 0.29) is 18.4 Å². The van der Waals surface area contributed by atoms with Crippen molar-refractivity contribution in [3.05, 3.63) is 18.5 Å². The fraction of sp³-hybridized carbons (Fsp3) is 0.545. The third-order valence-electron chi connectivity index (χ3n) is 2.83. The summed E-state index contributed by atoms with van der Waals surface area (Å²) in [7, 11) is 0. The number of anilines is 1. The van der Waals surface area contributed by atoms with Crippen molar-refractivity contribution >= 4 is 11.9 Å². The van der Waals surface area contributed by atoms with Gasteiger partial charge < -0.3 is 11.1 Å². The third kappa shape index (κ3) is 3.58. The maximum absolute atomic E-state index is 11.6. The lowest BCUT2D eigenvalue weighted by molar-refractivity contribution is -0.122. The zero-order valence-corrected chi connectivity index (χ0v) is 9.67. The van der Waals surface area contributed by atoms with Crippen molar-refractivity contribution in [3.63, 3.8) is 0 Å². The van der Waals surface area contributed by atoms with E-state index in [9.17, 15) is 4.79 Å². The SMILES string of the molecule is Nc1ncn(CC(=O)NCC2CC=CCC2)n1. The first-order valence-corrected chi connectivity index (χ1v) is 5.80. The summed E-state index contributed by atoms with van der Waals surface area (Å²) in [6, 6.07) is 0. The molecule has 0 bridgehead atoms. The fourth-order valence-corrected chi connectivity index (χ4v) is 1.89. The quantitative estimate of drug-likeness (QED) is 0.736. The predicted molar refractivity (Wildman–Crippen MR) is 63.9 cm³/mol. The van der Waals surface area contributed by atoms with E-state index in [1.807, 2.05) is 0 Å². The molecule has 1 amide bonds. The molecule has 1 aromatic rings. The van der Waals surface area contributed by atoms with Crippen LogP contribution in [0.5, 0.6) is 0 Å². The summed E-state index contributed by atoms with van der Waals surface area (Å²) < 4.78 is 1.44. The van der Waals surface area contributed by atoms with Crippen LogP contribution in [0, 0.1) is 5.92 Å². The van der Waals surface area contributed by atoms with Crippen LogP contribution in [0.25, 0.3) is 0 Å². The number of allylic oxidation sites excluding steroid dienone is 2. The average molecular weight is 235 g/mol. The zero-order valence-electron chi connectivity index (χ0n) is 9.67. The summed E-state index contributed by atoms with van der Waals surface area (Å²) in [5, 5.41) is 6.76. The lowest BCUT2D eigenvalue weighted by Crippen LogP contribution is -2.32. The minimum absolute atomic E-state index is 0.0514. The van der Waals surface area contributed by atoms with Gasteiger partial charge in [-0.05, 0) is 25.2 Å². The molecule has 0 aliphatic heterocycles. The van der Waals surface area contributed by atoms with Gasteiger partial charge in [-0.1, -0.05) is 12.2 Å². The summed E-state index contributed by atoms with van der Waals surface area (Å²) >= 11 is 0. The lowest BCUT2D eigenvalue weighted by atomic mass is 9.94. The Balaban J connectivity index is 1.72. The number of carbonyl (C=O) groups is 1. The largest absolute Gasteiger partial charge is 0.367 e. The molecule has 1 aliphatic rings. The van der Waals surface area contributed by atoms with E-state index in [0.717, 1.165) is 25.8 Å². The molecule has 1 aliphatic carbocycles. The molecular formula is C11H17N5O. The number of aromatic nitrogens is 3. The van der Waals surface area contributed by atoms with Crippen molar-refractivity contribution < 1.29 is 4.79 Å². The number of nitrogens with one attached hydrogen (secondary N) is 1. The van der Waals surface area contributed by atoms with Gasteiger partial charge >= 0.3 is 0 Å². The molecule has 0 aromatic carbocycles. The predicted octanol–water partition coefficient (Wildman–Crippen LogP) is 0.333. The first-order valence-electron chi connectivity index (χ1n) is 5.80. The van der Waals surface area contributed by atoms with Gasteiger partial charge in [-0.15, -0.1) is 5.10 Å². The monoisotopic (exact) mass is 235 g/mol. The smallest absolute Gasteiger partial charge is 0.241 e. The Bertz CT molecular complexity index is 412. The number of amides is 1. The highest BCUT2D eigenvalue weighted by Gasteiger charge is 2.11. The summed E-state index contributed by atoms with van der Waals surface area (Å²) in [6.07, 6.45) is 9.14. The van der Waals surface area contributed by atoms with Crippen molar-refractivity contribution in [2.75, 3.05) is 12.3 Å². The van der Waals surface area contributed by atoms with E-state index in [2.05, 4.69) is 27.6 Å². The van der Waals surface area contributed by atoms with Crippen LogP contribution in [0.15, 0.2) is 18.5 Å². The highest BCUT2D eigenvalue weighted by molar-refractivity contribution is 5.75. The maximum atomic E-state index is 11.6. The van der Waals surface area contributed by atoms with Crippen LogP contribution in [-0.4, -0.2) is 27.2 Å². The Morgan fingerprint density at radius 3 is 3.12 bits per heavy atom. The first-order chi connectivity index (χ1) is 8.24. The van der Waals surface area contributed by atoms with Crippen LogP contribution in [0.2, 0.25) is 0 Å². The van der Waals surface area contributed by atoms with E-state index < -0.39 is 0 Å². The maximum Gasteiger partial charge on any atom is 0.241 e. The third-order valence-corrected chi connectivity index (χ3v) is 2.83. The number of hydrogen-bond donors (Lipinski definition) is 2. The van der Waals surface area contributed by atoms with Crippen molar-refractivity contribution in [2.45, 2.75) is 25.8 Å². The van der Waals surface area contributed by atoms with Gasteiger partial charge in [0.1, 0.15) is 12.9 Å². The minimum atomic E-state index is -0.0514. The highest BCUT2D eigenvalue weighted by Crippen LogP contribution is 2.16. The molecule has 0 fully saturated rings. The summed E-state index contributed by atoms with van der Waals surface area (Å²) in [5.74, 6) is 0.699. The molecule has 6 heteroatoms. The number of nitrogens with two attached hydrogens (primary N) is 1. The standard InChI is InChI=1S/C11H17N5O/c12-11-14-8-16(15-11)7-10(17)13-6-9-4-2-1-3-5-9/h1-2,8-9H,3-7H2,(H2,12,15)(H,13,17). The van der Waals surface area contributed by atoms with Gasteiger partial charge in [-0.25, -0.2) is 9.67 Å². The molecule has 0 spiro atoms. The first kappa shape index (κ1) is 11.6. The Morgan fingerprint density at radius 1 is 1.59 bits per heavy atom. The second kappa shape index (κ2) is 5.47. The van der Waals surface area contributed by atoms with E-state index in [0.29, 0.717) is 5.92 Å². The van der Waals surface area contributed by atoms with Crippen LogP contribution in [-0.2, 0) is 11.3 Å². The summed E-state index contributed by atoms with van der Waals surface area (Å²) in [5.41, 5.74) is 5.36. The summed E-state index contributed by atoms with van der Waals surface area (Å²) in [4.78, 5) is 15.4. The molecule has 0 saturated heterocycles. The van der Waals surface area contributed by atoms with Crippen LogP contribution in [0.4, 0.5) is 5.95 Å². The van der Waals surface area contributed by atoms with Crippen molar-refractivity contribution in [1.29, 1.82) is 0 Å². The molecule has 17 heavy (non-hydrogen) atoms. The van der Waals surface area contributed by atoms with Crippen LogP contribution >= 0.6 is 0 Å². The Hall–Kier alpha value is -1.85. The van der Waals surface area contributed by atoms with Gasteiger partial charge in [0.25, 0.3) is 0 Å². The molecule has 1 atom stereocenters. The average Bonchev–Trinajstić information content (AvgIpc) is 2.73. The van der Waals surface area contributed by atoms with Crippen LogP contribution in [0.3, 0.4) is 0 Å². The highest BCUT2D eigenvalue weighted by atomic mass is 16.2. The minimum Gasteiger partial charge on any atom is -0.367 e. The molecule has 1 aromatic heterocycles. The summed E-state index contributed by atoms with van der Waals surface area (Å²) in [6.45, 7) is 0.903. The molecular weight excluding hydrogens is 218 g/mol. The molecule has 1 unspecified atom stereocenters. The number of rotatable bonds is 4. The normalized spacial score (nSPS) is 19.2.